The fourth-order valence-electron chi connectivity index (χ4n) is 3.38. The summed E-state index contributed by atoms with van der Waals surface area (Å²) in [4.78, 5) is 19.6. The molecule has 0 bridgehead atoms. The highest BCUT2D eigenvalue weighted by Crippen LogP contribution is 2.33. The van der Waals surface area contributed by atoms with Crippen LogP contribution >= 0.6 is 0 Å². The number of ether oxygens (including phenoxy) is 1. The summed E-state index contributed by atoms with van der Waals surface area (Å²) in [6, 6.07) is 15.8. The molecule has 0 spiro atoms. The Morgan fingerprint density at radius 3 is 2.93 bits per heavy atom. The fourth-order valence-corrected chi connectivity index (χ4v) is 3.38. The van der Waals surface area contributed by atoms with E-state index in [0.717, 1.165) is 38.7 Å². The molecule has 0 radical (unpaired) electrons. The Kier molecular flexibility index (Phi) is 5.57. The van der Waals surface area contributed by atoms with E-state index >= 15 is 0 Å². The highest BCUT2D eigenvalue weighted by molar-refractivity contribution is 5.89. The molecule has 0 unspecified atom stereocenters. The van der Waals surface area contributed by atoms with Crippen molar-refractivity contribution in [3.05, 3.63) is 83.8 Å². The van der Waals surface area contributed by atoms with Gasteiger partial charge < -0.3 is 9.72 Å². The zero-order valence-corrected chi connectivity index (χ0v) is 16.8. The molecule has 30 heavy (non-hydrogen) atoms. The highest BCUT2D eigenvalue weighted by atomic mass is 16.5. The van der Waals surface area contributed by atoms with Crippen molar-refractivity contribution in [1.82, 2.24) is 15.4 Å². The first kappa shape index (κ1) is 19.4. The zero-order valence-electron chi connectivity index (χ0n) is 16.8. The van der Waals surface area contributed by atoms with Crippen molar-refractivity contribution < 1.29 is 9.53 Å². The lowest BCUT2D eigenvalue weighted by atomic mass is 10.0. The maximum absolute atomic E-state index is 12.2. The first-order chi connectivity index (χ1) is 14.6. The van der Waals surface area contributed by atoms with Gasteiger partial charge in [0.2, 0.25) is 0 Å². The van der Waals surface area contributed by atoms with Crippen molar-refractivity contribution in [3.63, 3.8) is 0 Å². The summed E-state index contributed by atoms with van der Waals surface area (Å²) in [7, 11) is 0. The summed E-state index contributed by atoms with van der Waals surface area (Å²) in [5.74, 6) is 0.342. The second-order valence-electron chi connectivity index (χ2n) is 7.11. The van der Waals surface area contributed by atoms with Crippen molar-refractivity contribution in [2.24, 2.45) is 5.10 Å². The number of hydrazone groups is 1. The number of nitrogens with one attached hydrogen (secondary N) is 2. The van der Waals surface area contributed by atoms with Crippen LogP contribution in [-0.2, 0) is 4.79 Å². The predicted octanol–water partition coefficient (Wildman–Crippen LogP) is 4.38. The van der Waals surface area contributed by atoms with E-state index in [1.54, 1.807) is 18.6 Å². The molecule has 0 fully saturated rings. The summed E-state index contributed by atoms with van der Waals surface area (Å²) in [5.41, 5.74) is 8.36. The van der Waals surface area contributed by atoms with Gasteiger partial charge in [-0.15, -0.1) is 0 Å². The number of aromatic amines is 1. The molecule has 4 aromatic rings. The maximum atomic E-state index is 12.2. The first-order valence-electron chi connectivity index (χ1n) is 9.63. The van der Waals surface area contributed by atoms with Crippen LogP contribution in [-0.4, -0.2) is 28.7 Å². The van der Waals surface area contributed by atoms with Crippen LogP contribution < -0.4 is 10.2 Å². The average Bonchev–Trinajstić information content (AvgIpc) is 3.21. The Morgan fingerprint density at radius 2 is 2.10 bits per heavy atom. The number of fused-ring (bicyclic) bond motifs is 1. The highest BCUT2D eigenvalue weighted by Gasteiger charge is 2.12. The van der Waals surface area contributed by atoms with Crippen LogP contribution in [0.15, 0.2) is 72.2 Å². The minimum absolute atomic E-state index is 0.135. The maximum Gasteiger partial charge on any atom is 0.277 e. The number of nitrogens with zero attached hydrogens (tertiary/aromatic N) is 2. The molecule has 2 aromatic heterocycles. The van der Waals surface area contributed by atoms with Gasteiger partial charge in [-0.1, -0.05) is 24.3 Å². The Morgan fingerprint density at radius 1 is 1.20 bits per heavy atom. The van der Waals surface area contributed by atoms with Crippen molar-refractivity contribution in [1.29, 1.82) is 0 Å². The molecule has 6 nitrogen and oxygen atoms in total. The monoisotopic (exact) mass is 398 g/mol. The van der Waals surface area contributed by atoms with E-state index in [2.05, 4.69) is 20.5 Å². The normalized spacial score (nSPS) is 11.1. The molecule has 4 rings (SSSR count). The van der Waals surface area contributed by atoms with Crippen LogP contribution in [0.4, 0.5) is 0 Å². The van der Waals surface area contributed by atoms with E-state index in [1.807, 2.05) is 68.6 Å². The van der Waals surface area contributed by atoms with E-state index < -0.39 is 0 Å². The molecule has 1 amide bonds. The summed E-state index contributed by atoms with van der Waals surface area (Å²) in [5, 5.41) is 5.16. The number of aromatic nitrogens is 2. The molecule has 2 aromatic carbocycles. The van der Waals surface area contributed by atoms with Gasteiger partial charge in [0, 0.05) is 35.2 Å². The van der Waals surface area contributed by atoms with Gasteiger partial charge in [-0.3, -0.25) is 9.78 Å². The van der Waals surface area contributed by atoms with Crippen molar-refractivity contribution in [2.45, 2.75) is 13.8 Å². The minimum atomic E-state index is -0.329. The van der Waals surface area contributed by atoms with E-state index in [4.69, 9.17) is 4.74 Å². The topological polar surface area (TPSA) is 79.4 Å². The number of rotatable bonds is 6. The van der Waals surface area contributed by atoms with Crippen LogP contribution in [0.1, 0.15) is 16.7 Å². The van der Waals surface area contributed by atoms with Crippen LogP contribution in [0.5, 0.6) is 5.75 Å². The number of amides is 1. The van der Waals surface area contributed by atoms with Crippen molar-refractivity contribution in [2.75, 3.05) is 6.61 Å². The first-order valence-corrected chi connectivity index (χ1v) is 9.63. The van der Waals surface area contributed by atoms with Gasteiger partial charge in [0.15, 0.2) is 6.61 Å². The Hall–Kier alpha value is -3.93. The Balaban J connectivity index is 1.42. The third-order valence-electron chi connectivity index (χ3n) is 4.72. The quantitative estimate of drug-likeness (QED) is 0.374. The molecular formula is C24H22N4O2. The van der Waals surface area contributed by atoms with Crippen molar-refractivity contribution in [3.8, 4) is 16.9 Å². The van der Waals surface area contributed by atoms with Gasteiger partial charge >= 0.3 is 0 Å². The van der Waals surface area contributed by atoms with Gasteiger partial charge in [-0.2, -0.15) is 5.10 Å². The number of aryl methyl sites for hydroxylation is 2. The second kappa shape index (κ2) is 8.61. The van der Waals surface area contributed by atoms with Gasteiger partial charge in [-0.25, -0.2) is 5.43 Å². The summed E-state index contributed by atoms with van der Waals surface area (Å²) in [6.07, 6.45) is 7.01. The number of hydrogen-bond acceptors (Lipinski definition) is 4. The zero-order chi connectivity index (χ0) is 20.9. The molecule has 150 valence electrons. The van der Waals surface area contributed by atoms with E-state index in [9.17, 15) is 4.79 Å². The second-order valence-corrected chi connectivity index (χ2v) is 7.11. The molecule has 0 saturated carbocycles. The molecule has 6 heteroatoms. The number of carbonyl (C=O) groups excluding carboxylic acids is 1. The molecule has 2 N–H and O–H groups in total. The standard InChI is InChI=1S/C24H22N4O2/c1-16-10-17(2)24(21(11-16)20-4-3-8-25-14-20)30-15-23(29)28-27-13-18-5-6-19-7-9-26-22(19)12-18/h3-14,26H,15H2,1-2H3,(H,28,29). The minimum Gasteiger partial charge on any atom is -0.483 e. The largest absolute Gasteiger partial charge is 0.483 e. The lowest BCUT2D eigenvalue weighted by Crippen LogP contribution is -2.25. The number of pyridine rings is 1. The number of carbonyl (C=O) groups is 1. The fraction of sp³-hybridized carbons (Fsp3) is 0.125. The predicted molar refractivity (Wildman–Crippen MR) is 119 cm³/mol. The van der Waals surface area contributed by atoms with Crippen LogP contribution in [0, 0.1) is 13.8 Å². The smallest absolute Gasteiger partial charge is 0.277 e. The lowest BCUT2D eigenvalue weighted by molar-refractivity contribution is -0.123. The summed E-state index contributed by atoms with van der Waals surface area (Å²) < 4.78 is 5.87. The number of H-pyrrole nitrogens is 1. The van der Waals surface area contributed by atoms with E-state index in [0.29, 0.717) is 5.75 Å². The number of hydrogen-bond donors (Lipinski definition) is 2. The molecule has 0 aliphatic carbocycles. The SMILES string of the molecule is Cc1cc(C)c(OCC(=O)NN=Cc2ccc3cc[nH]c3c2)c(-c2cccnc2)c1. The molecule has 0 atom stereocenters. The lowest BCUT2D eigenvalue weighted by Gasteiger charge is -2.15. The summed E-state index contributed by atoms with van der Waals surface area (Å²) in [6.45, 7) is 3.86. The molecule has 0 aliphatic heterocycles. The van der Waals surface area contributed by atoms with Crippen LogP contribution in [0.3, 0.4) is 0 Å². The molecule has 0 saturated heterocycles. The van der Waals surface area contributed by atoms with Gasteiger partial charge in [0.1, 0.15) is 5.75 Å². The third-order valence-corrected chi connectivity index (χ3v) is 4.72. The van der Waals surface area contributed by atoms with Crippen molar-refractivity contribution >= 4 is 23.0 Å². The van der Waals surface area contributed by atoms with Crippen LogP contribution in [0.25, 0.3) is 22.0 Å². The molecule has 0 aliphatic rings. The van der Waals surface area contributed by atoms with E-state index in [1.165, 1.54) is 0 Å². The van der Waals surface area contributed by atoms with Gasteiger partial charge in [0.25, 0.3) is 5.91 Å². The average molecular weight is 398 g/mol. The molecule has 2 heterocycles. The third kappa shape index (κ3) is 4.38. The Bertz CT molecular complexity index is 1210. The molecular weight excluding hydrogens is 376 g/mol. The van der Waals surface area contributed by atoms with Gasteiger partial charge in [0.05, 0.1) is 6.21 Å². The van der Waals surface area contributed by atoms with E-state index in [-0.39, 0.29) is 12.5 Å². The summed E-state index contributed by atoms with van der Waals surface area (Å²) >= 11 is 0. The number of benzene rings is 2. The van der Waals surface area contributed by atoms with Gasteiger partial charge in [-0.05, 0) is 60.2 Å². The van der Waals surface area contributed by atoms with Crippen LogP contribution in [0.2, 0.25) is 0 Å². The Labute approximate surface area is 174 Å².